The van der Waals surface area contributed by atoms with Crippen molar-refractivity contribution in [1.29, 1.82) is 0 Å². The number of quaternary nitrogens is 1. The predicted octanol–water partition coefficient (Wildman–Crippen LogP) is 6.63. The number of allylic oxidation sites excluding steroid dienone is 1. The summed E-state index contributed by atoms with van der Waals surface area (Å²) in [6.45, 7) is 3.89. The summed E-state index contributed by atoms with van der Waals surface area (Å²) < 4.78 is 16.9. The Bertz CT molecular complexity index is 2390. The largest absolute Gasteiger partial charge is 0.495 e. The molecule has 1 N–H and O–H groups in total. The number of rotatable bonds is 16. The summed E-state index contributed by atoms with van der Waals surface area (Å²) in [7, 11) is 6.80. The van der Waals surface area contributed by atoms with Crippen LogP contribution in [0, 0.1) is 10.1 Å². The Morgan fingerprint density at radius 3 is 2.46 bits per heavy atom. The zero-order chi connectivity index (χ0) is 43.3. The molecule has 19 heteroatoms. The minimum Gasteiger partial charge on any atom is -0.495 e. The fourth-order valence-corrected chi connectivity index (χ4v) is 8.06. The minimum absolute atomic E-state index is 0.0336. The smallest absolute Gasteiger partial charge is 0.368 e. The number of carbonyl (C=O) groups is 2. The van der Waals surface area contributed by atoms with Gasteiger partial charge < -0.3 is 39.0 Å². The Balaban J connectivity index is 1.13. The van der Waals surface area contributed by atoms with Gasteiger partial charge in [0.2, 0.25) is 5.95 Å². The molecule has 7 rings (SSSR count). The van der Waals surface area contributed by atoms with Crippen molar-refractivity contribution in [2.75, 3.05) is 87.7 Å². The Morgan fingerprint density at radius 1 is 1.03 bits per heavy atom. The van der Waals surface area contributed by atoms with E-state index in [9.17, 15) is 19.7 Å². The molecule has 3 aliphatic heterocycles. The van der Waals surface area contributed by atoms with Crippen LogP contribution in [0.25, 0.3) is 0 Å². The molecule has 0 saturated carbocycles. The van der Waals surface area contributed by atoms with Crippen LogP contribution in [0.1, 0.15) is 23.1 Å². The molecule has 2 aromatic carbocycles. The molecule has 318 valence electrons. The molecule has 5 heterocycles. The Kier molecular flexibility index (Phi) is 13.1. The molecule has 0 spiro atoms. The maximum absolute atomic E-state index is 14.7. The first-order valence-electron chi connectivity index (χ1n) is 19.4. The number of amides is 2. The van der Waals surface area contributed by atoms with Crippen molar-refractivity contribution in [3.63, 3.8) is 0 Å². The van der Waals surface area contributed by atoms with Gasteiger partial charge in [0.05, 0.1) is 84.3 Å². The molecule has 4 aromatic rings. The maximum atomic E-state index is 14.7. The number of aliphatic imine (C=N–C) groups is 1. The van der Waals surface area contributed by atoms with Crippen LogP contribution in [0.15, 0.2) is 83.4 Å². The lowest BCUT2D eigenvalue weighted by molar-refractivity contribution is -0.880. The first-order valence-corrected chi connectivity index (χ1v) is 20.2. The lowest BCUT2D eigenvalue weighted by atomic mass is 10.0. The van der Waals surface area contributed by atoms with Gasteiger partial charge >= 0.3 is 11.9 Å². The van der Waals surface area contributed by atoms with E-state index in [4.69, 9.17) is 42.4 Å². The number of nitro groups is 1. The number of halogens is 2. The van der Waals surface area contributed by atoms with Crippen molar-refractivity contribution in [3.05, 3.63) is 115 Å². The van der Waals surface area contributed by atoms with Crippen LogP contribution >= 0.6 is 23.2 Å². The van der Waals surface area contributed by atoms with Crippen LogP contribution in [-0.4, -0.2) is 110 Å². The van der Waals surface area contributed by atoms with E-state index in [1.54, 1.807) is 30.8 Å². The zero-order valence-corrected chi connectivity index (χ0v) is 35.6. The number of nitrogens with zero attached hydrogens (tertiary/aromatic N) is 9. The van der Waals surface area contributed by atoms with Crippen molar-refractivity contribution in [2.45, 2.75) is 25.9 Å². The quantitative estimate of drug-likeness (QED) is 0.0551. The zero-order valence-electron chi connectivity index (χ0n) is 34.1. The molecule has 0 aliphatic carbocycles. The van der Waals surface area contributed by atoms with E-state index < -0.39 is 11.0 Å². The van der Waals surface area contributed by atoms with Crippen LogP contribution in [0.2, 0.25) is 10.0 Å². The van der Waals surface area contributed by atoms with Crippen molar-refractivity contribution in [2.24, 2.45) is 4.99 Å². The molecule has 1 saturated heterocycles. The molecule has 3 aliphatic rings. The number of carbonyl (C=O) groups excluding carboxylic acids is 2. The average Bonchev–Trinajstić information content (AvgIpc) is 3.71. The summed E-state index contributed by atoms with van der Waals surface area (Å²) in [5.41, 5.74) is 3.92. The third kappa shape index (κ3) is 9.92. The van der Waals surface area contributed by atoms with Gasteiger partial charge in [0.1, 0.15) is 45.9 Å². The number of ether oxygens (including phenoxy) is 3. The number of nitrogens with one attached hydrogen (secondary N) is 1. The fraction of sp³-hybridized carbons (Fsp3) is 0.333. The number of hydrogen-bond donors (Lipinski definition) is 1. The summed E-state index contributed by atoms with van der Waals surface area (Å²) in [5.74, 6) is 1.43. The van der Waals surface area contributed by atoms with Gasteiger partial charge in [-0.2, -0.15) is 4.98 Å². The second kappa shape index (κ2) is 18.6. The molecule has 17 nitrogen and oxygen atoms in total. The maximum Gasteiger partial charge on any atom is 0.368 e. The minimum atomic E-state index is -0.473. The van der Waals surface area contributed by atoms with Crippen LogP contribution < -0.4 is 29.5 Å². The van der Waals surface area contributed by atoms with Crippen molar-refractivity contribution >= 4 is 70.2 Å². The van der Waals surface area contributed by atoms with E-state index in [2.05, 4.69) is 25.2 Å². The standard InChI is InChI=1S/C42H45Cl2N10O7/c1-54(2,26-29-12-13-45-39(29)53(57)58)16-6-9-32(55)20-27-7-5-8-28(19-27)24-52-40-30(25-51(42(52)56)38-36(43)33(59-3)21-34(60-4)37(38)44)22-47-41(49-40)48-35-11-10-31(23-46-35)50-14-17-61-18-15-50/h5-11,13,19,21-23H,12,14-18,20,24-26H2,1-4H3,(H,46,47,48,49)/q+1/b9-6+. The molecule has 2 amide bonds. The SMILES string of the molecule is COc1cc(OC)c(Cl)c(N2Cc3cnc(Nc4ccc(N5CCOCC5)cn4)nc3N(Cc3cccc(CC(=O)/C=C/C[N+](C)(C)CC4=C([N+](=O)[O-])N=CC4)c3)C2=O)c1Cl. The summed E-state index contributed by atoms with van der Waals surface area (Å²) in [5, 5.41) is 14.8. The molecule has 1 fully saturated rings. The number of aromatic nitrogens is 3. The van der Waals surface area contributed by atoms with E-state index in [0.29, 0.717) is 60.0 Å². The topological polar surface area (TPSA) is 178 Å². The fourth-order valence-electron chi connectivity index (χ4n) is 7.36. The van der Waals surface area contributed by atoms with Crippen LogP contribution in [0.5, 0.6) is 11.5 Å². The summed E-state index contributed by atoms with van der Waals surface area (Å²) in [6, 6.07) is 12.3. The first kappa shape index (κ1) is 43.0. The van der Waals surface area contributed by atoms with E-state index >= 15 is 0 Å². The molecule has 0 bridgehead atoms. The molecule has 2 aromatic heterocycles. The van der Waals surface area contributed by atoms with E-state index in [0.717, 1.165) is 29.9 Å². The predicted molar refractivity (Wildman–Crippen MR) is 233 cm³/mol. The Morgan fingerprint density at radius 2 is 1.77 bits per heavy atom. The third-order valence-electron chi connectivity index (χ3n) is 10.3. The molecular formula is C42H45Cl2N10O7+. The summed E-state index contributed by atoms with van der Waals surface area (Å²) in [6.07, 6.45) is 8.84. The Labute approximate surface area is 362 Å². The third-order valence-corrected chi connectivity index (χ3v) is 11.1. The molecular weight excluding hydrogens is 827 g/mol. The van der Waals surface area contributed by atoms with Gasteiger partial charge in [0, 0.05) is 43.8 Å². The van der Waals surface area contributed by atoms with Crippen molar-refractivity contribution in [1.82, 2.24) is 15.0 Å². The van der Waals surface area contributed by atoms with Gasteiger partial charge in [-0.25, -0.2) is 14.8 Å². The molecule has 0 unspecified atom stereocenters. The van der Waals surface area contributed by atoms with Gasteiger partial charge in [0.15, 0.2) is 5.78 Å². The number of benzene rings is 2. The van der Waals surface area contributed by atoms with Gasteiger partial charge in [-0.15, -0.1) is 0 Å². The molecule has 61 heavy (non-hydrogen) atoms. The van der Waals surface area contributed by atoms with Crippen molar-refractivity contribution < 1.29 is 33.2 Å². The van der Waals surface area contributed by atoms with E-state index in [1.807, 2.05) is 50.5 Å². The Hall–Kier alpha value is -6.14. The van der Waals surface area contributed by atoms with E-state index in [-0.39, 0.29) is 64.3 Å². The number of urea groups is 1. The highest BCUT2D eigenvalue weighted by molar-refractivity contribution is 6.42. The second-order valence-electron chi connectivity index (χ2n) is 15.2. The number of likely N-dealkylation sites (N-methyl/N-ethyl adjacent to an activating group) is 1. The second-order valence-corrected chi connectivity index (χ2v) is 16.0. The van der Waals surface area contributed by atoms with Crippen LogP contribution in [-0.2, 0) is 29.0 Å². The molecule has 0 atom stereocenters. The molecule has 0 radical (unpaired) electrons. The number of methoxy groups -OCH3 is 2. The summed E-state index contributed by atoms with van der Waals surface area (Å²) in [4.78, 5) is 61.8. The first-order chi connectivity index (χ1) is 29.3. The van der Waals surface area contributed by atoms with Crippen LogP contribution in [0.4, 0.5) is 33.8 Å². The number of morpholine rings is 1. The van der Waals surface area contributed by atoms with E-state index in [1.165, 1.54) is 30.1 Å². The lowest BCUT2D eigenvalue weighted by Crippen LogP contribution is -2.48. The normalized spacial score (nSPS) is 15.4. The highest BCUT2D eigenvalue weighted by Gasteiger charge is 2.37. The van der Waals surface area contributed by atoms with Crippen LogP contribution in [0.3, 0.4) is 0 Å². The number of fused-ring (bicyclic) bond motifs is 1. The monoisotopic (exact) mass is 871 g/mol. The number of hydrogen-bond acceptors (Lipinski definition) is 13. The van der Waals surface area contributed by atoms with Gasteiger partial charge in [0.25, 0.3) is 0 Å². The van der Waals surface area contributed by atoms with Crippen molar-refractivity contribution in [3.8, 4) is 11.5 Å². The average molecular weight is 873 g/mol. The lowest BCUT2D eigenvalue weighted by Gasteiger charge is -2.37. The highest BCUT2D eigenvalue weighted by atomic mass is 35.5. The number of ketones is 1. The van der Waals surface area contributed by atoms with Gasteiger partial charge in [-0.3, -0.25) is 14.6 Å². The summed E-state index contributed by atoms with van der Waals surface area (Å²) >= 11 is 13.7. The highest BCUT2D eigenvalue weighted by Crippen LogP contribution is 2.48. The van der Waals surface area contributed by atoms with Gasteiger partial charge in [-0.1, -0.05) is 52.5 Å². The van der Waals surface area contributed by atoms with Gasteiger partial charge in [-0.05, 0) is 40.3 Å². The number of pyridine rings is 1. The number of anilines is 5.